The van der Waals surface area contributed by atoms with Crippen LogP contribution in [0.15, 0.2) is 36.9 Å². The summed E-state index contributed by atoms with van der Waals surface area (Å²) in [6, 6.07) is 8.93. The minimum atomic E-state index is 0.245. The van der Waals surface area contributed by atoms with E-state index in [1.54, 1.807) is 6.08 Å². The summed E-state index contributed by atoms with van der Waals surface area (Å²) in [7, 11) is 0. The van der Waals surface area contributed by atoms with Gasteiger partial charge in [-0.2, -0.15) is 0 Å². The monoisotopic (exact) mass is 300 g/mol. The van der Waals surface area contributed by atoms with Gasteiger partial charge in [0.25, 0.3) is 0 Å². The summed E-state index contributed by atoms with van der Waals surface area (Å²) in [5, 5.41) is 0. The summed E-state index contributed by atoms with van der Waals surface area (Å²) >= 11 is 0. The highest BCUT2D eigenvalue weighted by molar-refractivity contribution is 5.76. The maximum absolute atomic E-state index is 12.0. The Labute approximate surface area is 134 Å². The fourth-order valence-corrected chi connectivity index (χ4v) is 2.93. The number of carbonyl (C=O) groups is 1. The third kappa shape index (κ3) is 4.99. The Morgan fingerprint density at radius 1 is 1.14 bits per heavy atom. The third-order valence-electron chi connectivity index (χ3n) is 4.10. The van der Waals surface area contributed by atoms with Gasteiger partial charge in [0.2, 0.25) is 5.91 Å². The van der Waals surface area contributed by atoms with Crippen molar-refractivity contribution in [2.24, 2.45) is 5.92 Å². The van der Waals surface area contributed by atoms with Gasteiger partial charge in [0.05, 0.1) is 0 Å². The molecule has 0 N–H and O–H groups in total. The molecule has 1 aliphatic rings. The maximum Gasteiger partial charge on any atom is 0.224 e. The number of hydrogen-bond donors (Lipinski definition) is 0. The Hall–Kier alpha value is -1.61. The molecule has 0 aliphatic carbocycles. The molecule has 1 heterocycles. The largest absolute Gasteiger partial charge is 0.338 e. The molecular formula is C19H28N2O. The second kappa shape index (κ2) is 8.14. The lowest BCUT2D eigenvalue weighted by atomic mass is 10.0. The highest BCUT2D eigenvalue weighted by Crippen LogP contribution is 2.13. The van der Waals surface area contributed by atoms with Crippen LogP contribution in [0, 0.1) is 5.92 Å². The molecule has 1 fully saturated rings. The fraction of sp³-hybridized carbons (Fsp3) is 0.526. The first-order chi connectivity index (χ1) is 10.6. The van der Waals surface area contributed by atoms with Crippen LogP contribution in [0.25, 0.3) is 0 Å². The molecule has 0 bridgehead atoms. The molecule has 1 aromatic rings. The first-order valence-corrected chi connectivity index (χ1v) is 8.27. The van der Waals surface area contributed by atoms with Crippen molar-refractivity contribution in [3.05, 3.63) is 48.0 Å². The van der Waals surface area contributed by atoms with Crippen LogP contribution in [-0.4, -0.2) is 41.9 Å². The van der Waals surface area contributed by atoms with Crippen LogP contribution in [0.4, 0.5) is 0 Å². The molecule has 0 aromatic heterocycles. The number of hydrogen-bond acceptors (Lipinski definition) is 2. The summed E-state index contributed by atoms with van der Waals surface area (Å²) in [6.45, 7) is 12.4. The standard InChI is InChI=1S/C19H28N2O/c1-4-10-21-13-12-20(11-9-19(21)22)15-18-7-5-17(6-8-18)14-16(2)3/h4-8,16H,1,9-15H2,2-3H3. The minimum absolute atomic E-state index is 0.245. The van der Waals surface area contributed by atoms with Gasteiger partial charge in [-0.25, -0.2) is 0 Å². The molecule has 0 atom stereocenters. The normalized spacial score (nSPS) is 16.9. The Morgan fingerprint density at radius 3 is 2.45 bits per heavy atom. The van der Waals surface area contributed by atoms with Crippen molar-refractivity contribution in [2.45, 2.75) is 33.2 Å². The van der Waals surface area contributed by atoms with E-state index in [2.05, 4.69) is 49.6 Å². The van der Waals surface area contributed by atoms with Crippen molar-refractivity contribution in [1.82, 2.24) is 9.80 Å². The highest BCUT2D eigenvalue weighted by atomic mass is 16.2. The highest BCUT2D eigenvalue weighted by Gasteiger charge is 2.19. The van der Waals surface area contributed by atoms with E-state index < -0.39 is 0 Å². The van der Waals surface area contributed by atoms with E-state index in [-0.39, 0.29) is 5.91 Å². The fourth-order valence-electron chi connectivity index (χ4n) is 2.93. The van der Waals surface area contributed by atoms with Gasteiger partial charge >= 0.3 is 0 Å². The van der Waals surface area contributed by atoms with Gasteiger partial charge in [-0.1, -0.05) is 44.2 Å². The van der Waals surface area contributed by atoms with Gasteiger partial charge < -0.3 is 4.90 Å². The average molecular weight is 300 g/mol. The van der Waals surface area contributed by atoms with Crippen LogP contribution < -0.4 is 0 Å². The van der Waals surface area contributed by atoms with Crippen LogP contribution in [0.1, 0.15) is 31.4 Å². The van der Waals surface area contributed by atoms with E-state index in [0.717, 1.165) is 32.6 Å². The van der Waals surface area contributed by atoms with Crippen molar-refractivity contribution in [3.63, 3.8) is 0 Å². The Bertz CT molecular complexity index is 493. The first-order valence-electron chi connectivity index (χ1n) is 8.27. The molecule has 120 valence electrons. The third-order valence-corrected chi connectivity index (χ3v) is 4.10. The molecular weight excluding hydrogens is 272 g/mol. The maximum atomic E-state index is 12.0. The SMILES string of the molecule is C=CCN1CCN(Cc2ccc(CC(C)C)cc2)CCC1=O. The van der Waals surface area contributed by atoms with Crippen molar-refractivity contribution >= 4 is 5.91 Å². The summed E-state index contributed by atoms with van der Waals surface area (Å²) < 4.78 is 0. The summed E-state index contributed by atoms with van der Waals surface area (Å²) in [5.41, 5.74) is 2.74. The lowest BCUT2D eigenvalue weighted by Crippen LogP contribution is -2.33. The Balaban J connectivity index is 1.90. The first kappa shape index (κ1) is 16.8. The lowest BCUT2D eigenvalue weighted by Gasteiger charge is -2.21. The number of nitrogens with zero attached hydrogens (tertiary/aromatic N) is 2. The second-order valence-corrected chi connectivity index (χ2v) is 6.57. The molecule has 3 nitrogen and oxygen atoms in total. The van der Waals surface area contributed by atoms with Crippen LogP contribution >= 0.6 is 0 Å². The molecule has 0 unspecified atom stereocenters. The molecule has 1 saturated heterocycles. The van der Waals surface area contributed by atoms with Crippen LogP contribution in [0.2, 0.25) is 0 Å². The average Bonchev–Trinajstić information content (AvgIpc) is 2.65. The zero-order valence-corrected chi connectivity index (χ0v) is 13.9. The van der Waals surface area contributed by atoms with Crippen molar-refractivity contribution in [1.29, 1.82) is 0 Å². The minimum Gasteiger partial charge on any atom is -0.338 e. The molecule has 1 amide bonds. The number of benzene rings is 1. The second-order valence-electron chi connectivity index (χ2n) is 6.57. The van der Waals surface area contributed by atoms with Gasteiger partial charge in [0.15, 0.2) is 0 Å². The van der Waals surface area contributed by atoms with E-state index in [4.69, 9.17) is 0 Å². The van der Waals surface area contributed by atoms with Crippen LogP contribution in [0.5, 0.6) is 0 Å². The van der Waals surface area contributed by atoms with Crippen LogP contribution in [0.3, 0.4) is 0 Å². The number of amides is 1. The van der Waals surface area contributed by atoms with Gasteiger partial charge in [-0.15, -0.1) is 6.58 Å². The molecule has 2 rings (SSSR count). The van der Waals surface area contributed by atoms with Gasteiger partial charge in [-0.3, -0.25) is 9.69 Å². The molecule has 1 aromatic carbocycles. The number of rotatable bonds is 6. The quantitative estimate of drug-likeness (QED) is 0.754. The van der Waals surface area contributed by atoms with E-state index in [9.17, 15) is 4.79 Å². The van der Waals surface area contributed by atoms with Crippen LogP contribution in [-0.2, 0) is 17.8 Å². The van der Waals surface area contributed by atoms with Gasteiger partial charge in [0.1, 0.15) is 0 Å². The molecule has 0 spiro atoms. The van der Waals surface area contributed by atoms with Gasteiger partial charge in [-0.05, 0) is 23.5 Å². The predicted octanol–water partition coefficient (Wildman–Crippen LogP) is 3.11. The molecule has 0 saturated carbocycles. The summed E-state index contributed by atoms with van der Waals surface area (Å²) in [4.78, 5) is 16.3. The summed E-state index contributed by atoms with van der Waals surface area (Å²) in [6.07, 6.45) is 3.55. The summed E-state index contributed by atoms with van der Waals surface area (Å²) in [5.74, 6) is 0.938. The molecule has 1 aliphatic heterocycles. The van der Waals surface area contributed by atoms with Gasteiger partial charge in [0, 0.05) is 39.1 Å². The van der Waals surface area contributed by atoms with E-state index in [1.165, 1.54) is 11.1 Å². The lowest BCUT2D eigenvalue weighted by molar-refractivity contribution is -0.129. The molecule has 3 heteroatoms. The van der Waals surface area contributed by atoms with E-state index in [0.29, 0.717) is 18.9 Å². The zero-order chi connectivity index (χ0) is 15.9. The Morgan fingerprint density at radius 2 is 1.82 bits per heavy atom. The van der Waals surface area contributed by atoms with Crippen molar-refractivity contribution in [3.8, 4) is 0 Å². The van der Waals surface area contributed by atoms with Crippen molar-refractivity contribution in [2.75, 3.05) is 26.2 Å². The zero-order valence-electron chi connectivity index (χ0n) is 13.9. The topological polar surface area (TPSA) is 23.6 Å². The number of carbonyl (C=O) groups excluding carboxylic acids is 1. The van der Waals surface area contributed by atoms with Crippen molar-refractivity contribution < 1.29 is 4.79 Å². The smallest absolute Gasteiger partial charge is 0.224 e. The van der Waals surface area contributed by atoms with E-state index >= 15 is 0 Å². The van der Waals surface area contributed by atoms with E-state index in [1.807, 2.05) is 4.90 Å². The molecule has 0 radical (unpaired) electrons. The Kier molecular flexibility index (Phi) is 6.20. The predicted molar refractivity (Wildman–Crippen MR) is 91.7 cm³/mol. The molecule has 22 heavy (non-hydrogen) atoms.